The highest BCUT2D eigenvalue weighted by atomic mass is 32.7. The second-order valence-corrected chi connectivity index (χ2v) is 12.0. The molecule has 134 valence electrons. The van der Waals surface area contributed by atoms with Crippen LogP contribution in [-0.2, 0) is 4.57 Å². The lowest BCUT2D eigenvalue weighted by Gasteiger charge is -2.21. The van der Waals surface area contributed by atoms with Crippen molar-refractivity contribution >= 4 is 28.3 Å². The van der Waals surface area contributed by atoms with Crippen LogP contribution in [0.3, 0.4) is 0 Å². The average molecular weight is 380 g/mol. The van der Waals surface area contributed by atoms with Crippen LogP contribution in [0.25, 0.3) is 0 Å². The van der Waals surface area contributed by atoms with Crippen molar-refractivity contribution in [2.24, 2.45) is 0 Å². The Kier molecular flexibility index (Phi) is 5.46. The van der Waals surface area contributed by atoms with Crippen LogP contribution in [0.5, 0.6) is 0 Å². The Morgan fingerprint density at radius 1 is 0.577 bits per heavy atom. The quantitative estimate of drug-likeness (QED) is 0.498. The molecule has 0 N–H and O–H groups in total. The highest BCUT2D eigenvalue weighted by molar-refractivity contribution is 8.62. The van der Waals surface area contributed by atoms with E-state index in [2.05, 4.69) is 95.3 Å². The Morgan fingerprint density at radius 2 is 0.962 bits per heavy atom. The summed E-state index contributed by atoms with van der Waals surface area (Å²) in [5, 5.41) is 1.84. The molecular weight excluding hydrogens is 355 g/mol. The van der Waals surface area contributed by atoms with Gasteiger partial charge in [0.05, 0.1) is 0 Å². The smallest absolute Gasteiger partial charge is 0.199 e. The van der Waals surface area contributed by atoms with Crippen LogP contribution in [0.1, 0.15) is 27.8 Å². The first kappa shape index (κ1) is 19.0. The van der Waals surface area contributed by atoms with E-state index in [9.17, 15) is 4.57 Å². The molecule has 0 aliphatic heterocycles. The summed E-state index contributed by atoms with van der Waals surface area (Å²) in [5.74, 6) is 0. The molecule has 0 bridgehead atoms. The zero-order chi connectivity index (χ0) is 18.9. The third-order valence-corrected chi connectivity index (χ3v) is 9.63. The van der Waals surface area contributed by atoms with Gasteiger partial charge in [0.25, 0.3) is 0 Å². The Morgan fingerprint density at radius 3 is 1.35 bits per heavy atom. The highest BCUT2D eigenvalue weighted by Gasteiger charge is 2.30. The summed E-state index contributed by atoms with van der Waals surface area (Å²) in [4.78, 5) is 1.04. The molecule has 0 aromatic heterocycles. The maximum Gasteiger partial charge on any atom is 0.199 e. The van der Waals surface area contributed by atoms with Gasteiger partial charge in [0, 0.05) is 15.5 Å². The third kappa shape index (κ3) is 4.14. The molecule has 0 aliphatic rings. The van der Waals surface area contributed by atoms with Crippen molar-refractivity contribution in [1.29, 1.82) is 0 Å². The molecule has 3 rings (SSSR count). The van der Waals surface area contributed by atoms with E-state index in [0.717, 1.165) is 37.8 Å². The number of hydrogen-bond donors (Lipinski definition) is 0. The van der Waals surface area contributed by atoms with Crippen molar-refractivity contribution in [3.05, 3.63) is 88.5 Å². The standard InChI is InChI=1S/C23H25OPS/c1-16-6-8-23(9-7-16)26-25(24,21-12-17(2)10-18(3)13-21)22-14-19(4)11-20(5)15-22/h6-15H,1-5H3. The van der Waals surface area contributed by atoms with Crippen LogP contribution in [0.15, 0.2) is 65.6 Å². The molecular formula is C23H25OPS. The molecule has 0 amide bonds. The normalized spacial score (nSPS) is 11.6. The molecule has 0 saturated carbocycles. The van der Waals surface area contributed by atoms with E-state index in [4.69, 9.17) is 0 Å². The molecule has 0 unspecified atom stereocenters. The largest absolute Gasteiger partial charge is 0.302 e. The van der Waals surface area contributed by atoms with Gasteiger partial charge in [-0.1, -0.05) is 63.5 Å². The van der Waals surface area contributed by atoms with Crippen LogP contribution < -0.4 is 10.6 Å². The fraction of sp³-hybridized carbons (Fsp3) is 0.217. The van der Waals surface area contributed by atoms with Gasteiger partial charge in [-0.15, -0.1) is 0 Å². The van der Waals surface area contributed by atoms with Crippen molar-refractivity contribution in [2.75, 3.05) is 0 Å². The summed E-state index contributed by atoms with van der Waals surface area (Å²) >= 11 is 1.50. The molecule has 3 heteroatoms. The number of rotatable bonds is 4. The summed E-state index contributed by atoms with van der Waals surface area (Å²) in [7, 11) is 0. The Bertz CT molecular complexity index is 894. The molecule has 3 aromatic carbocycles. The van der Waals surface area contributed by atoms with E-state index in [0.29, 0.717) is 0 Å². The summed E-state index contributed by atoms with van der Waals surface area (Å²) in [5.41, 5.74) is 5.80. The first-order valence-corrected chi connectivity index (χ1v) is 11.9. The molecule has 0 aliphatic carbocycles. The zero-order valence-electron chi connectivity index (χ0n) is 16.0. The molecule has 0 fully saturated rings. The summed E-state index contributed by atoms with van der Waals surface area (Å²) in [6, 6.07) is 20.9. The minimum atomic E-state index is -2.85. The van der Waals surface area contributed by atoms with Gasteiger partial charge in [0.1, 0.15) is 0 Å². The molecule has 3 aromatic rings. The first-order valence-electron chi connectivity index (χ1n) is 8.80. The predicted octanol–water partition coefficient (Wildman–Crippen LogP) is 6.25. The van der Waals surface area contributed by atoms with Crippen molar-refractivity contribution in [3.63, 3.8) is 0 Å². The Balaban J connectivity index is 2.20. The topological polar surface area (TPSA) is 17.1 Å². The fourth-order valence-corrected chi connectivity index (χ4v) is 8.32. The molecule has 1 nitrogen and oxygen atoms in total. The van der Waals surface area contributed by atoms with E-state index >= 15 is 0 Å². The first-order chi connectivity index (χ1) is 12.3. The van der Waals surface area contributed by atoms with Gasteiger partial charge in [-0.2, -0.15) is 0 Å². The van der Waals surface area contributed by atoms with E-state index in [1.54, 1.807) is 0 Å². The second kappa shape index (κ2) is 7.47. The highest BCUT2D eigenvalue weighted by Crippen LogP contribution is 2.60. The maximum atomic E-state index is 14.4. The summed E-state index contributed by atoms with van der Waals surface area (Å²) in [6.07, 6.45) is -2.85. The zero-order valence-corrected chi connectivity index (χ0v) is 17.7. The number of aryl methyl sites for hydroxylation is 5. The van der Waals surface area contributed by atoms with Crippen LogP contribution in [0.2, 0.25) is 0 Å². The molecule has 0 radical (unpaired) electrons. The van der Waals surface area contributed by atoms with Gasteiger partial charge in [0.2, 0.25) is 0 Å². The Labute approximate surface area is 161 Å². The van der Waals surface area contributed by atoms with Crippen LogP contribution in [0.4, 0.5) is 0 Å². The van der Waals surface area contributed by atoms with Crippen molar-refractivity contribution < 1.29 is 4.57 Å². The second-order valence-electron chi connectivity index (χ2n) is 7.15. The molecule has 0 saturated heterocycles. The van der Waals surface area contributed by atoms with Gasteiger partial charge in [-0.3, -0.25) is 0 Å². The lowest BCUT2D eigenvalue weighted by Crippen LogP contribution is -2.15. The SMILES string of the molecule is Cc1ccc(SP(=O)(c2cc(C)cc(C)c2)c2cc(C)cc(C)c2)cc1. The third-order valence-electron chi connectivity index (χ3n) is 4.35. The minimum absolute atomic E-state index is 0.922. The van der Waals surface area contributed by atoms with E-state index < -0.39 is 6.34 Å². The number of benzene rings is 3. The lowest BCUT2D eigenvalue weighted by atomic mass is 10.2. The van der Waals surface area contributed by atoms with E-state index in [1.165, 1.54) is 16.9 Å². The maximum absolute atomic E-state index is 14.4. The molecule has 0 atom stereocenters. The van der Waals surface area contributed by atoms with E-state index in [1.807, 2.05) is 0 Å². The van der Waals surface area contributed by atoms with Gasteiger partial charge in [-0.05, 0) is 71.0 Å². The average Bonchev–Trinajstić information content (AvgIpc) is 2.55. The minimum Gasteiger partial charge on any atom is -0.302 e. The van der Waals surface area contributed by atoms with Crippen LogP contribution in [-0.4, -0.2) is 0 Å². The Hall–Kier alpha value is -1.76. The van der Waals surface area contributed by atoms with Gasteiger partial charge >= 0.3 is 0 Å². The van der Waals surface area contributed by atoms with Crippen molar-refractivity contribution in [2.45, 2.75) is 39.5 Å². The van der Waals surface area contributed by atoms with Crippen LogP contribution >= 0.6 is 17.7 Å². The van der Waals surface area contributed by atoms with Gasteiger partial charge in [-0.25, -0.2) is 0 Å². The lowest BCUT2D eigenvalue weighted by molar-refractivity contribution is 0.595. The predicted molar refractivity (Wildman–Crippen MR) is 116 cm³/mol. The molecule has 0 heterocycles. The summed E-state index contributed by atoms with van der Waals surface area (Å²) < 4.78 is 14.4. The number of hydrogen-bond acceptors (Lipinski definition) is 2. The summed E-state index contributed by atoms with van der Waals surface area (Å²) in [6.45, 7) is 10.3. The van der Waals surface area contributed by atoms with Crippen molar-refractivity contribution in [1.82, 2.24) is 0 Å². The molecule has 26 heavy (non-hydrogen) atoms. The van der Waals surface area contributed by atoms with Gasteiger partial charge in [0.15, 0.2) is 6.34 Å². The van der Waals surface area contributed by atoms with Crippen molar-refractivity contribution in [3.8, 4) is 0 Å². The van der Waals surface area contributed by atoms with Crippen LogP contribution in [0, 0.1) is 34.6 Å². The van der Waals surface area contributed by atoms with E-state index in [-0.39, 0.29) is 0 Å². The monoisotopic (exact) mass is 380 g/mol. The fourth-order valence-electron chi connectivity index (χ4n) is 3.24. The molecule has 0 spiro atoms. The van der Waals surface area contributed by atoms with Gasteiger partial charge < -0.3 is 4.57 Å².